The van der Waals surface area contributed by atoms with Crippen LogP contribution in [0.3, 0.4) is 0 Å². The van der Waals surface area contributed by atoms with Gasteiger partial charge in [0.15, 0.2) is 10.6 Å². The minimum Gasteiger partial charge on any atom is -0.350 e. The van der Waals surface area contributed by atoms with E-state index in [4.69, 9.17) is 0 Å². The molecule has 0 saturated heterocycles. The number of amides is 1. The van der Waals surface area contributed by atoms with Gasteiger partial charge in [-0.2, -0.15) is 0 Å². The fourth-order valence-corrected chi connectivity index (χ4v) is 4.63. The fourth-order valence-electron chi connectivity index (χ4n) is 3.10. The Morgan fingerprint density at radius 2 is 2.24 bits per heavy atom. The molecule has 0 saturated carbocycles. The van der Waals surface area contributed by atoms with Crippen LogP contribution in [0.4, 0.5) is 5.13 Å². The van der Waals surface area contributed by atoms with Gasteiger partial charge in [-0.1, -0.05) is 22.9 Å². The number of halogens is 1. The monoisotopic (exact) mass is 417 g/mol. The molecule has 1 amide bonds. The summed E-state index contributed by atoms with van der Waals surface area (Å²) < 4.78 is 0.824. The number of hydrogen-bond donors (Lipinski definition) is 2. The second-order valence-electron chi connectivity index (χ2n) is 6.43. The van der Waals surface area contributed by atoms with Crippen LogP contribution in [0.5, 0.6) is 0 Å². The number of carbonyl (C=O) groups excluding carboxylic acids is 1. The molecule has 1 aromatic carbocycles. The summed E-state index contributed by atoms with van der Waals surface area (Å²) in [5, 5.41) is 3.97. The Kier molecular flexibility index (Phi) is 4.21. The molecule has 1 aliphatic carbocycles. The third-order valence-electron chi connectivity index (χ3n) is 4.44. The second kappa shape index (κ2) is 6.38. The van der Waals surface area contributed by atoms with E-state index in [1.165, 1.54) is 22.3 Å². The number of rotatable bonds is 2. The van der Waals surface area contributed by atoms with Gasteiger partial charge in [0.05, 0.1) is 5.69 Å². The van der Waals surface area contributed by atoms with Gasteiger partial charge in [0.1, 0.15) is 5.69 Å². The van der Waals surface area contributed by atoms with Crippen molar-refractivity contribution < 1.29 is 4.79 Å². The maximum atomic E-state index is 12.5. The molecule has 7 heteroatoms. The van der Waals surface area contributed by atoms with Gasteiger partial charge in [0.25, 0.3) is 5.91 Å². The Hall–Kier alpha value is -1.99. The highest BCUT2D eigenvalue weighted by atomic mass is 79.9. The Bertz CT molecular complexity index is 1040. The first-order valence-electron chi connectivity index (χ1n) is 8.12. The number of H-pyrrole nitrogens is 1. The third-order valence-corrected chi connectivity index (χ3v) is 5.97. The number of nitrogens with one attached hydrogen (secondary N) is 2. The molecule has 2 aromatic heterocycles. The standard InChI is InChI=1S/C18H16BrN3O2S/c1-9-2-4-13-16(6-9)25-18(21-13)22-17(24)14-8-15(23)11-7-10(19)3-5-12(11)20-14/h3,5,7-9H,2,4,6H2,1H3,(H,20,23)(H,21,22,24). The third kappa shape index (κ3) is 3.26. The van der Waals surface area contributed by atoms with Crippen LogP contribution < -0.4 is 10.7 Å². The van der Waals surface area contributed by atoms with Crippen molar-refractivity contribution in [2.45, 2.75) is 26.2 Å². The van der Waals surface area contributed by atoms with Crippen LogP contribution in [-0.4, -0.2) is 15.9 Å². The first-order valence-corrected chi connectivity index (χ1v) is 9.73. The van der Waals surface area contributed by atoms with Crippen molar-refractivity contribution in [3.8, 4) is 0 Å². The van der Waals surface area contributed by atoms with Gasteiger partial charge < -0.3 is 4.98 Å². The molecule has 1 unspecified atom stereocenters. The smallest absolute Gasteiger partial charge is 0.274 e. The van der Waals surface area contributed by atoms with Gasteiger partial charge in [0.2, 0.25) is 0 Å². The van der Waals surface area contributed by atoms with E-state index in [1.54, 1.807) is 12.1 Å². The number of anilines is 1. The van der Waals surface area contributed by atoms with Crippen LogP contribution in [-0.2, 0) is 12.8 Å². The zero-order valence-corrected chi connectivity index (χ0v) is 16.0. The van der Waals surface area contributed by atoms with Crippen molar-refractivity contribution in [2.75, 3.05) is 5.32 Å². The predicted molar refractivity (Wildman–Crippen MR) is 104 cm³/mol. The molecule has 0 radical (unpaired) electrons. The van der Waals surface area contributed by atoms with Crippen LogP contribution in [0.1, 0.15) is 34.4 Å². The van der Waals surface area contributed by atoms with Gasteiger partial charge >= 0.3 is 0 Å². The molecule has 5 nitrogen and oxygen atoms in total. The summed E-state index contributed by atoms with van der Waals surface area (Å²) in [6.07, 6.45) is 3.12. The highest BCUT2D eigenvalue weighted by molar-refractivity contribution is 9.10. The van der Waals surface area contributed by atoms with E-state index in [9.17, 15) is 9.59 Å². The molecule has 1 aliphatic rings. The van der Waals surface area contributed by atoms with E-state index in [2.05, 4.69) is 38.1 Å². The van der Waals surface area contributed by atoms with Crippen molar-refractivity contribution in [1.29, 1.82) is 0 Å². The van der Waals surface area contributed by atoms with Crippen LogP contribution in [0, 0.1) is 5.92 Å². The molecular weight excluding hydrogens is 402 g/mol. The lowest BCUT2D eigenvalue weighted by Gasteiger charge is -2.15. The first kappa shape index (κ1) is 16.5. The topological polar surface area (TPSA) is 74.8 Å². The summed E-state index contributed by atoms with van der Waals surface area (Å²) in [4.78, 5) is 33.6. The molecule has 1 atom stereocenters. The van der Waals surface area contributed by atoms with Gasteiger partial charge in [0, 0.05) is 26.3 Å². The number of thiazole rings is 1. The van der Waals surface area contributed by atoms with E-state index >= 15 is 0 Å². The predicted octanol–water partition coefficient (Wildman–Crippen LogP) is 4.12. The molecule has 0 bridgehead atoms. The molecule has 3 aromatic rings. The molecule has 0 spiro atoms. The van der Waals surface area contributed by atoms with Gasteiger partial charge in [-0.15, -0.1) is 11.3 Å². The number of fused-ring (bicyclic) bond motifs is 2. The van der Waals surface area contributed by atoms with E-state index < -0.39 is 0 Å². The molecule has 128 valence electrons. The van der Waals surface area contributed by atoms with E-state index in [0.29, 0.717) is 22.0 Å². The number of pyridine rings is 1. The van der Waals surface area contributed by atoms with Crippen LogP contribution >= 0.6 is 27.3 Å². The zero-order chi connectivity index (χ0) is 17.6. The summed E-state index contributed by atoms with van der Waals surface area (Å²) in [7, 11) is 0. The molecule has 4 rings (SSSR count). The van der Waals surface area contributed by atoms with E-state index in [0.717, 1.165) is 29.4 Å². The number of nitrogens with zero attached hydrogens (tertiary/aromatic N) is 1. The number of benzene rings is 1. The maximum Gasteiger partial charge on any atom is 0.274 e. The van der Waals surface area contributed by atoms with Crippen molar-refractivity contribution in [3.05, 3.63) is 55.2 Å². The molecular formula is C18H16BrN3O2S. The quantitative estimate of drug-likeness (QED) is 0.658. The van der Waals surface area contributed by atoms with Crippen LogP contribution in [0.15, 0.2) is 33.5 Å². The average molecular weight is 418 g/mol. The first-order chi connectivity index (χ1) is 12.0. The lowest BCUT2D eigenvalue weighted by molar-refractivity contribution is 0.102. The van der Waals surface area contributed by atoms with Crippen molar-refractivity contribution in [1.82, 2.24) is 9.97 Å². The van der Waals surface area contributed by atoms with Crippen molar-refractivity contribution in [3.63, 3.8) is 0 Å². The lowest BCUT2D eigenvalue weighted by Crippen LogP contribution is -2.17. The summed E-state index contributed by atoms with van der Waals surface area (Å²) >= 11 is 4.88. The molecule has 25 heavy (non-hydrogen) atoms. The van der Waals surface area contributed by atoms with Crippen molar-refractivity contribution in [2.24, 2.45) is 5.92 Å². The number of aryl methyl sites for hydroxylation is 1. The Morgan fingerprint density at radius 1 is 1.40 bits per heavy atom. The second-order valence-corrected chi connectivity index (χ2v) is 8.43. The number of aromatic nitrogens is 2. The van der Waals surface area contributed by atoms with Crippen LogP contribution in [0.25, 0.3) is 10.9 Å². The largest absolute Gasteiger partial charge is 0.350 e. The van der Waals surface area contributed by atoms with Gasteiger partial charge in [-0.05, 0) is 43.4 Å². The van der Waals surface area contributed by atoms with Gasteiger partial charge in [-0.3, -0.25) is 14.9 Å². The lowest BCUT2D eigenvalue weighted by atomic mass is 9.93. The van der Waals surface area contributed by atoms with Gasteiger partial charge in [-0.25, -0.2) is 4.98 Å². The Balaban J connectivity index is 1.62. The highest BCUT2D eigenvalue weighted by Crippen LogP contribution is 2.32. The minimum atomic E-state index is -0.346. The van der Waals surface area contributed by atoms with Crippen LogP contribution in [0.2, 0.25) is 0 Å². The zero-order valence-electron chi connectivity index (χ0n) is 13.6. The maximum absolute atomic E-state index is 12.5. The normalized spacial score (nSPS) is 16.6. The number of aromatic amines is 1. The summed E-state index contributed by atoms with van der Waals surface area (Å²) in [5.41, 5.74) is 1.78. The SMILES string of the molecule is CC1CCc2nc(NC(=O)c3cc(=O)c4cc(Br)ccc4[nH]3)sc2C1. The number of carbonyl (C=O) groups is 1. The highest BCUT2D eigenvalue weighted by Gasteiger charge is 2.21. The average Bonchev–Trinajstić information content (AvgIpc) is 2.96. The number of hydrogen-bond acceptors (Lipinski definition) is 4. The summed E-state index contributed by atoms with van der Waals surface area (Å²) in [6.45, 7) is 2.24. The fraction of sp³-hybridized carbons (Fsp3) is 0.278. The van der Waals surface area contributed by atoms with Crippen molar-refractivity contribution >= 4 is 49.2 Å². The Labute approximate surface area is 156 Å². The minimum absolute atomic E-state index is 0.188. The molecule has 2 N–H and O–H groups in total. The Morgan fingerprint density at radius 3 is 3.08 bits per heavy atom. The summed E-state index contributed by atoms with van der Waals surface area (Å²) in [6, 6.07) is 6.68. The molecule has 0 fully saturated rings. The molecule has 0 aliphatic heterocycles. The van der Waals surface area contributed by atoms with E-state index in [1.807, 2.05) is 6.07 Å². The summed E-state index contributed by atoms with van der Waals surface area (Å²) in [5.74, 6) is 0.314. The van der Waals surface area contributed by atoms with E-state index in [-0.39, 0.29) is 17.0 Å². The molecule has 2 heterocycles.